The fourth-order valence-electron chi connectivity index (χ4n) is 3.70. The van der Waals surface area contributed by atoms with Crippen LogP contribution >= 0.6 is 0 Å². The third-order valence-electron chi connectivity index (χ3n) is 5.24. The highest BCUT2D eigenvalue weighted by Crippen LogP contribution is 2.37. The number of aryl methyl sites for hydroxylation is 1. The standard InChI is InChI=1S/C19H22F3N5O3/c1-24(11-13-10-23-25(2)12-13)18(28)14-5-7-26(8-6-14)16-4-3-15(19(20,21)22)9-17(16)27(29)30/h3-4,9-10,12,14H,5-8,11H2,1-2H3. The molecule has 2 heterocycles. The summed E-state index contributed by atoms with van der Waals surface area (Å²) >= 11 is 0. The number of hydrogen-bond acceptors (Lipinski definition) is 5. The summed E-state index contributed by atoms with van der Waals surface area (Å²) in [6.07, 6.45) is -0.198. The molecule has 0 spiro atoms. The molecule has 3 rings (SSSR count). The molecule has 0 unspecified atom stereocenters. The summed E-state index contributed by atoms with van der Waals surface area (Å²) in [6.45, 7) is 1.13. The number of nitrogens with zero attached hydrogens (tertiary/aromatic N) is 5. The van der Waals surface area contributed by atoms with Gasteiger partial charge in [0, 0.05) is 57.5 Å². The van der Waals surface area contributed by atoms with E-state index in [0.29, 0.717) is 38.5 Å². The van der Waals surface area contributed by atoms with Gasteiger partial charge in [-0.05, 0) is 25.0 Å². The van der Waals surface area contributed by atoms with Crippen LogP contribution in [0, 0.1) is 16.0 Å². The molecular formula is C19H22F3N5O3. The van der Waals surface area contributed by atoms with E-state index < -0.39 is 22.4 Å². The maximum atomic E-state index is 12.9. The van der Waals surface area contributed by atoms with E-state index in [1.807, 2.05) is 6.20 Å². The van der Waals surface area contributed by atoms with Gasteiger partial charge in [-0.15, -0.1) is 0 Å². The van der Waals surface area contributed by atoms with Crippen LogP contribution in [0.2, 0.25) is 0 Å². The zero-order valence-corrected chi connectivity index (χ0v) is 16.6. The Kier molecular flexibility index (Phi) is 5.99. The number of alkyl halides is 3. The van der Waals surface area contributed by atoms with Gasteiger partial charge in [0.05, 0.1) is 16.7 Å². The number of carbonyl (C=O) groups excluding carboxylic acids is 1. The number of hydrogen-bond donors (Lipinski definition) is 0. The van der Waals surface area contributed by atoms with Crippen LogP contribution in [0.25, 0.3) is 0 Å². The molecule has 162 valence electrons. The van der Waals surface area contributed by atoms with Crippen molar-refractivity contribution in [3.05, 3.63) is 51.8 Å². The highest BCUT2D eigenvalue weighted by atomic mass is 19.4. The average Bonchev–Trinajstić information content (AvgIpc) is 3.10. The Morgan fingerprint density at radius 1 is 1.33 bits per heavy atom. The molecule has 1 amide bonds. The third kappa shape index (κ3) is 4.71. The number of halogens is 3. The zero-order valence-electron chi connectivity index (χ0n) is 16.6. The average molecular weight is 425 g/mol. The molecule has 0 saturated carbocycles. The molecule has 0 atom stereocenters. The fourth-order valence-corrected chi connectivity index (χ4v) is 3.70. The summed E-state index contributed by atoms with van der Waals surface area (Å²) in [6, 6.07) is 2.55. The minimum Gasteiger partial charge on any atom is -0.366 e. The number of carbonyl (C=O) groups is 1. The predicted molar refractivity (Wildman–Crippen MR) is 103 cm³/mol. The second-order valence-electron chi connectivity index (χ2n) is 7.44. The van der Waals surface area contributed by atoms with Crippen molar-refractivity contribution in [2.45, 2.75) is 25.6 Å². The Morgan fingerprint density at radius 2 is 2.00 bits per heavy atom. The largest absolute Gasteiger partial charge is 0.416 e. The second kappa shape index (κ2) is 8.33. The van der Waals surface area contributed by atoms with Gasteiger partial charge in [0.15, 0.2) is 0 Å². The summed E-state index contributed by atoms with van der Waals surface area (Å²) in [4.78, 5) is 26.5. The summed E-state index contributed by atoms with van der Waals surface area (Å²) in [7, 11) is 3.50. The molecule has 11 heteroatoms. The molecule has 8 nitrogen and oxygen atoms in total. The number of amides is 1. The van der Waals surface area contributed by atoms with E-state index in [4.69, 9.17) is 0 Å². The lowest BCUT2D eigenvalue weighted by molar-refractivity contribution is -0.384. The first-order valence-electron chi connectivity index (χ1n) is 9.39. The molecule has 0 bridgehead atoms. The van der Waals surface area contributed by atoms with Crippen LogP contribution in [-0.4, -0.2) is 45.6 Å². The molecule has 2 aromatic rings. The molecule has 1 saturated heterocycles. The van der Waals surface area contributed by atoms with Crippen molar-refractivity contribution in [3.8, 4) is 0 Å². The zero-order chi connectivity index (χ0) is 22.1. The SMILES string of the molecule is CN(Cc1cnn(C)c1)C(=O)C1CCN(c2ccc(C(F)(F)F)cc2[N+](=O)[O-])CC1. The summed E-state index contributed by atoms with van der Waals surface area (Å²) in [5, 5.41) is 15.4. The van der Waals surface area contributed by atoms with Crippen molar-refractivity contribution in [2.24, 2.45) is 13.0 Å². The monoisotopic (exact) mass is 425 g/mol. The quantitative estimate of drug-likeness (QED) is 0.543. The van der Waals surface area contributed by atoms with Crippen molar-refractivity contribution in [3.63, 3.8) is 0 Å². The highest BCUT2D eigenvalue weighted by molar-refractivity contribution is 5.79. The van der Waals surface area contributed by atoms with Crippen molar-refractivity contribution in [1.29, 1.82) is 0 Å². The van der Waals surface area contributed by atoms with Gasteiger partial charge in [0.2, 0.25) is 5.91 Å². The maximum Gasteiger partial charge on any atom is 0.416 e. The third-order valence-corrected chi connectivity index (χ3v) is 5.24. The summed E-state index contributed by atoms with van der Waals surface area (Å²) < 4.78 is 40.3. The molecule has 30 heavy (non-hydrogen) atoms. The molecule has 0 N–H and O–H groups in total. The van der Waals surface area contributed by atoms with E-state index in [1.54, 1.807) is 34.8 Å². The molecule has 0 aliphatic carbocycles. The van der Waals surface area contributed by atoms with E-state index in [1.165, 1.54) is 0 Å². The van der Waals surface area contributed by atoms with Crippen LogP contribution in [0.1, 0.15) is 24.0 Å². The van der Waals surface area contributed by atoms with Gasteiger partial charge in [-0.25, -0.2) is 0 Å². The lowest BCUT2D eigenvalue weighted by atomic mass is 9.94. The summed E-state index contributed by atoms with van der Waals surface area (Å²) in [5.41, 5.74) is -0.586. The number of nitro benzene ring substituents is 1. The van der Waals surface area contributed by atoms with Gasteiger partial charge in [-0.3, -0.25) is 19.6 Å². The minimum absolute atomic E-state index is 0.0274. The second-order valence-corrected chi connectivity index (χ2v) is 7.44. The van der Waals surface area contributed by atoms with Crippen LogP contribution in [0.15, 0.2) is 30.6 Å². The van der Waals surface area contributed by atoms with Gasteiger partial charge < -0.3 is 9.80 Å². The molecule has 1 fully saturated rings. The van der Waals surface area contributed by atoms with Gasteiger partial charge >= 0.3 is 6.18 Å². The normalized spacial score (nSPS) is 15.3. The molecule has 0 radical (unpaired) electrons. The van der Waals surface area contributed by atoms with Crippen molar-refractivity contribution >= 4 is 17.3 Å². The van der Waals surface area contributed by atoms with Crippen LogP contribution < -0.4 is 4.90 Å². The fraction of sp³-hybridized carbons (Fsp3) is 0.474. The van der Waals surface area contributed by atoms with E-state index in [0.717, 1.165) is 17.7 Å². The number of nitro groups is 1. The number of anilines is 1. The number of rotatable bonds is 5. The van der Waals surface area contributed by atoms with Gasteiger partial charge in [-0.1, -0.05) is 0 Å². The van der Waals surface area contributed by atoms with E-state index in [2.05, 4.69) is 5.10 Å². The Labute approximate surface area is 171 Å². The van der Waals surface area contributed by atoms with E-state index >= 15 is 0 Å². The first-order valence-corrected chi connectivity index (χ1v) is 9.39. The smallest absolute Gasteiger partial charge is 0.366 e. The van der Waals surface area contributed by atoms with Crippen LogP contribution in [0.5, 0.6) is 0 Å². The van der Waals surface area contributed by atoms with Crippen LogP contribution in [0.4, 0.5) is 24.5 Å². The Balaban J connectivity index is 1.66. The predicted octanol–water partition coefficient (Wildman–Crippen LogP) is 3.22. The van der Waals surface area contributed by atoms with Crippen LogP contribution in [-0.2, 0) is 24.6 Å². The Hall–Kier alpha value is -3.11. The van der Waals surface area contributed by atoms with Gasteiger partial charge in [0.1, 0.15) is 5.69 Å². The number of benzene rings is 1. The Bertz CT molecular complexity index is 936. The number of aromatic nitrogens is 2. The molecule has 1 aromatic carbocycles. The minimum atomic E-state index is -4.65. The molecule has 1 aromatic heterocycles. The van der Waals surface area contributed by atoms with E-state index in [9.17, 15) is 28.1 Å². The lowest BCUT2D eigenvalue weighted by Gasteiger charge is -2.34. The Morgan fingerprint density at radius 3 is 2.53 bits per heavy atom. The molecule has 1 aliphatic heterocycles. The lowest BCUT2D eigenvalue weighted by Crippen LogP contribution is -2.41. The van der Waals surface area contributed by atoms with Gasteiger partial charge in [0.25, 0.3) is 5.69 Å². The maximum absolute atomic E-state index is 12.9. The number of piperidine rings is 1. The van der Waals surface area contributed by atoms with Gasteiger partial charge in [-0.2, -0.15) is 18.3 Å². The topological polar surface area (TPSA) is 84.5 Å². The van der Waals surface area contributed by atoms with Crippen molar-refractivity contribution in [2.75, 3.05) is 25.0 Å². The highest BCUT2D eigenvalue weighted by Gasteiger charge is 2.35. The first kappa shape index (κ1) is 21.6. The van der Waals surface area contributed by atoms with Crippen LogP contribution in [0.3, 0.4) is 0 Å². The molecular weight excluding hydrogens is 403 g/mol. The molecule has 1 aliphatic rings. The van der Waals surface area contributed by atoms with E-state index in [-0.39, 0.29) is 17.5 Å². The van der Waals surface area contributed by atoms with Crippen molar-refractivity contribution in [1.82, 2.24) is 14.7 Å². The first-order chi connectivity index (χ1) is 14.1. The van der Waals surface area contributed by atoms with Crippen molar-refractivity contribution < 1.29 is 22.9 Å². The summed E-state index contributed by atoms with van der Waals surface area (Å²) in [5.74, 6) is -0.267.